The smallest absolute Gasteiger partial charge is 0.162 e. The summed E-state index contributed by atoms with van der Waals surface area (Å²) in [6.45, 7) is 21.8. The number of ketones is 1. The van der Waals surface area contributed by atoms with Gasteiger partial charge in [0.15, 0.2) is 5.78 Å². The summed E-state index contributed by atoms with van der Waals surface area (Å²) < 4.78 is 2.78. The average Bonchev–Trinajstić information content (AvgIpc) is 3.59. The van der Waals surface area contributed by atoms with Crippen LogP contribution in [0.3, 0.4) is 0 Å². The standard InChI is InChI=1S/C30H30NS2.C13H24O2.Ir/c1-29(2,3)18-22-16-27-28(32-22)17-26(33-27)20-11-12-31-25(15-20)21-13-19-9-7-8-10-23(19)24(14-21)30(4,5)6;1-5-10(6-2)12(14)9-13(15)11(7-3)8-4;/h7-12,14-17H,18H2,1-6H3;9-11,14H,5-8H2,1-4H3;/q-1;;/b;12-9-;. The zero-order chi connectivity index (χ0) is 35.2. The molecule has 1 N–H and O–H groups in total. The Bertz CT molecular complexity index is 1830. The SMILES string of the molecule is CC(C)(C)Cc1cc2sc(-c3ccnc(-c4[c-]c5ccccc5c(C(C)(C)C)c4)c3)cc2s1.CCC(CC)C(=O)/C=C(\O)C(CC)CC.[Ir]. The quantitative estimate of drug-likeness (QED) is 0.0864. The van der Waals surface area contributed by atoms with Crippen LogP contribution < -0.4 is 0 Å². The van der Waals surface area contributed by atoms with Crippen LogP contribution >= 0.6 is 22.7 Å². The number of rotatable bonds is 10. The normalized spacial score (nSPS) is 12.4. The molecule has 0 saturated carbocycles. The maximum absolute atomic E-state index is 11.7. The molecule has 3 heterocycles. The molecule has 5 rings (SSSR count). The third-order valence-corrected chi connectivity index (χ3v) is 11.3. The van der Waals surface area contributed by atoms with Crippen LogP contribution in [0, 0.1) is 23.3 Å². The molecule has 0 amide bonds. The summed E-state index contributed by atoms with van der Waals surface area (Å²) in [6.07, 6.45) is 7.97. The summed E-state index contributed by atoms with van der Waals surface area (Å²) in [4.78, 5) is 19.2. The Kier molecular flexibility index (Phi) is 14.6. The van der Waals surface area contributed by atoms with Gasteiger partial charge in [0.2, 0.25) is 0 Å². The van der Waals surface area contributed by atoms with Crippen molar-refractivity contribution in [3.63, 3.8) is 0 Å². The first kappa shape index (κ1) is 40.8. The van der Waals surface area contributed by atoms with Gasteiger partial charge in [-0.1, -0.05) is 104 Å². The second kappa shape index (κ2) is 17.5. The van der Waals surface area contributed by atoms with Crippen molar-refractivity contribution in [2.24, 2.45) is 17.3 Å². The Hall–Kier alpha value is -2.63. The van der Waals surface area contributed by atoms with Crippen LogP contribution in [0.4, 0.5) is 0 Å². The van der Waals surface area contributed by atoms with E-state index in [2.05, 4.69) is 102 Å². The van der Waals surface area contributed by atoms with Gasteiger partial charge >= 0.3 is 0 Å². The summed E-state index contributed by atoms with van der Waals surface area (Å²) in [6, 6.07) is 23.5. The minimum atomic E-state index is 0. The third-order valence-electron chi connectivity index (χ3n) is 8.95. The molecule has 0 aliphatic rings. The monoisotopic (exact) mass is 873 g/mol. The topological polar surface area (TPSA) is 50.2 Å². The predicted molar refractivity (Wildman–Crippen MR) is 210 cm³/mol. The van der Waals surface area contributed by atoms with Crippen molar-refractivity contribution in [3.8, 4) is 21.7 Å². The van der Waals surface area contributed by atoms with Crippen molar-refractivity contribution in [1.82, 2.24) is 4.98 Å². The van der Waals surface area contributed by atoms with Crippen LogP contribution in [0.1, 0.15) is 105 Å². The van der Waals surface area contributed by atoms with Crippen molar-refractivity contribution < 1.29 is 30.0 Å². The third kappa shape index (κ3) is 10.7. The average molecular weight is 873 g/mol. The van der Waals surface area contributed by atoms with Gasteiger partial charge in [-0.2, -0.15) is 0 Å². The van der Waals surface area contributed by atoms with E-state index < -0.39 is 0 Å². The number of fused-ring (bicyclic) bond motifs is 2. The van der Waals surface area contributed by atoms with Crippen molar-refractivity contribution in [1.29, 1.82) is 0 Å². The van der Waals surface area contributed by atoms with Gasteiger partial charge in [0.1, 0.15) is 0 Å². The number of pyridine rings is 1. The number of allylic oxidation sites excluding steroid dienone is 2. The zero-order valence-electron chi connectivity index (χ0n) is 31.0. The van der Waals surface area contributed by atoms with E-state index in [1.807, 2.05) is 56.6 Å². The molecule has 0 aliphatic carbocycles. The maximum atomic E-state index is 11.7. The van der Waals surface area contributed by atoms with Crippen LogP contribution in [-0.2, 0) is 36.7 Å². The minimum Gasteiger partial charge on any atom is -0.512 e. The van der Waals surface area contributed by atoms with E-state index in [4.69, 9.17) is 4.98 Å². The molecule has 265 valence electrons. The van der Waals surface area contributed by atoms with E-state index in [1.165, 1.54) is 41.7 Å². The van der Waals surface area contributed by atoms with E-state index >= 15 is 0 Å². The first-order valence-electron chi connectivity index (χ1n) is 17.6. The molecule has 5 aromatic rings. The molecule has 0 aliphatic heterocycles. The van der Waals surface area contributed by atoms with Gasteiger partial charge in [-0.15, -0.1) is 51.8 Å². The minimum absolute atomic E-state index is 0. The first-order chi connectivity index (χ1) is 22.7. The number of aliphatic hydroxyl groups excluding tert-OH is 1. The van der Waals surface area contributed by atoms with Crippen LogP contribution in [0.25, 0.3) is 41.9 Å². The number of thiophene rings is 2. The molecule has 0 saturated heterocycles. The molecule has 1 radical (unpaired) electrons. The number of hydrogen-bond donors (Lipinski definition) is 1. The number of hydrogen-bond acceptors (Lipinski definition) is 5. The van der Waals surface area contributed by atoms with E-state index in [0.29, 0.717) is 5.41 Å². The van der Waals surface area contributed by atoms with Gasteiger partial charge < -0.3 is 5.11 Å². The van der Waals surface area contributed by atoms with Gasteiger partial charge in [0, 0.05) is 69.1 Å². The largest absolute Gasteiger partial charge is 0.512 e. The van der Waals surface area contributed by atoms with E-state index in [-0.39, 0.29) is 48.9 Å². The molecular formula is C43H54IrNO2S2-. The second-order valence-corrected chi connectivity index (χ2v) is 17.4. The van der Waals surface area contributed by atoms with E-state index in [0.717, 1.165) is 48.7 Å². The number of nitrogens with zero attached hydrogens (tertiary/aromatic N) is 1. The van der Waals surface area contributed by atoms with Crippen LogP contribution in [0.15, 0.2) is 72.6 Å². The molecule has 0 bridgehead atoms. The van der Waals surface area contributed by atoms with Gasteiger partial charge in [0.25, 0.3) is 0 Å². The summed E-state index contributed by atoms with van der Waals surface area (Å²) >= 11 is 3.82. The zero-order valence-corrected chi connectivity index (χ0v) is 35.0. The summed E-state index contributed by atoms with van der Waals surface area (Å²) in [5, 5.41) is 12.2. The van der Waals surface area contributed by atoms with E-state index in [1.54, 1.807) is 0 Å². The van der Waals surface area contributed by atoms with Gasteiger partial charge in [0.05, 0.1) is 5.76 Å². The maximum Gasteiger partial charge on any atom is 0.162 e. The summed E-state index contributed by atoms with van der Waals surface area (Å²) in [5.41, 5.74) is 4.97. The Morgan fingerprint density at radius 2 is 1.49 bits per heavy atom. The molecule has 3 nitrogen and oxygen atoms in total. The van der Waals surface area contributed by atoms with Crippen LogP contribution in [0.5, 0.6) is 0 Å². The van der Waals surface area contributed by atoms with Crippen LogP contribution in [-0.4, -0.2) is 15.9 Å². The first-order valence-corrected chi connectivity index (χ1v) is 19.2. The van der Waals surface area contributed by atoms with Gasteiger partial charge in [-0.25, -0.2) is 0 Å². The molecule has 49 heavy (non-hydrogen) atoms. The molecule has 0 unspecified atom stereocenters. The Morgan fingerprint density at radius 3 is 2.08 bits per heavy atom. The summed E-state index contributed by atoms with van der Waals surface area (Å²) in [7, 11) is 0. The predicted octanol–water partition coefficient (Wildman–Crippen LogP) is 13.4. The van der Waals surface area contributed by atoms with E-state index in [9.17, 15) is 9.90 Å². The fourth-order valence-electron chi connectivity index (χ4n) is 6.14. The summed E-state index contributed by atoms with van der Waals surface area (Å²) in [5.74, 6) is 0.547. The van der Waals surface area contributed by atoms with Crippen LogP contribution in [0.2, 0.25) is 0 Å². The molecule has 6 heteroatoms. The number of benzene rings is 2. The Balaban J connectivity index is 0.000000347. The van der Waals surface area contributed by atoms with Crippen molar-refractivity contribution in [3.05, 3.63) is 89.1 Å². The number of aliphatic hydroxyl groups is 1. The molecule has 0 atom stereocenters. The Morgan fingerprint density at radius 1 is 0.857 bits per heavy atom. The Labute approximate surface area is 316 Å². The molecule has 0 spiro atoms. The van der Waals surface area contributed by atoms with Gasteiger partial charge in [-0.05, 0) is 66.7 Å². The number of aromatic nitrogens is 1. The number of carbonyl (C=O) groups excluding carboxylic acids is 1. The van der Waals surface area contributed by atoms with Crippen molar-refractivity contribution in [2.45, 2.75) is 107 Å². The van der Waals surface area contributed by atoms with Gasteiger partial charge in [-0.3, -0.25) is 9.78 Å². The molecule has 0 fully saturated rings. The number of carbonyl (C=O) groups is 1. The fourth-order valence-corrected chi connectivity index (χ4v) is 8.86. The van der Waals surface area contributed by atoms with Crippen molar-refractivity contribution >= 4 is 48.6 Å². The molecule has 3 aromatic heterocycles. The fraction of sp³-hybridized carbons (Fsp3) is 0.442. The molecule has 2 aromatic carbocycles. The second-order valence-electron chi connectivity index (χ2n) is 15.1. The molecular weight excluding hydrogens is 819 g/mol. The van der Waals surface area contributed by atoms with Crippen molar-refractivity contribution in [2.75, 3.05) is 0 Å².